The van der Waals surface area contributed by atoms with Crippen LogP contribution in [0.4, 0.5) is 4.79 Å². The Hall–Kier alpha value is -4.01. The summed E-state index contributed by atoms with van der Waals surface area (Å²) in [4.78, 5) is 37.1. The van der Waals surface area contributed by atoms with Crippen molar-refractivity contribution in [3.05, 3.63) is 56.3 Å². The lowest BCUT2D eigenvalue weighted by molar-refractivity contribution is -0.139. The molecule has 0 aliphatic carbocycles. The second-order valence-electron chi connectivity index (χ2n) is 8.98. The number of halogens is 1. The maximum Gasteiger partial charge on any atom is 0.338 e. The molecule has 0 spiro atoms. The topological polar surface area (TPSA) is 146 Å². The molecule has 41 heavy (non-hydrogen) atoms. The molecule has 0 fully saturated rings. The monoisotopic (exact) mass is 680 g/mol. The molecule has 2 aromatic rings. The van der Waals surface area contributed by atoms with Crippen LogP contribution in [0.25, 0.3) is 0 Å². The van der Waals surface area contributed by atoms with Gasteiger partial charge < -0.3 is 34.3 Å². The third kappa shape index (κ3) is 8.25. The number of amides is 3. The van der Waals surface area contributed by atoms with Crippen LogP contribution in [0, 0.1) is 3.57 Å². The van der Waals surface area contributed by atoms with Gasteiger partial charge in [-0.3, -0.25) is 4.79 Å². The zero-order valence-electron chi connectivity index (χ0n) is 23.6. The molecule has 0 saturated carbocycles. The minimum absolute atomic E-state index is 0.0143. The molecule has 1 heterocycles. The molecule has 1 atom stereocenters. The Balaban J connectivity index is 1.67. The zero-order valence-corrected chi connectivity index (χ0v) is 25.8. The number of hydrogen-bond acceptors (Lipinski definition) is 9. The van der Waals surface area contributed by atoms with Crippen molar-refractivity contribution in [1.29, 1.82) is 0 Å². The van der Waals surface area contributed by atoms with Gasteiger partial charge in [0.1, 0.15) is 0 Å². The smallest absolute Gasteiger partial charge is 0.338 e. The number of hydrogen-bond donors (Lipinski definition) is 3. The highest BCUT2D eigenvalue weighted by molar-refractivity contribution is 14.1. The average molecular weight is 680 g/mol. The van der Waals surface area contributed by atoms with Crippen LogP contribution in [0.15, 0.2) is 46.7 Å². The summed E-state index contributed by atoms with van der Waals surface area (Å²) in [6, 6.07) is 7.27. The number of carbonyl (C=O) groups is 3. The molecular weight excluding hydrogens is 647 g/mol. The highest BCUT2D eigenvalue weighted by atomic mass is 127. The highest BCUT2D eigenvalue weighted by Crippen LogP contribution is 2.35. The van der Waals surface area contributed by atoms with Gasteiger partial charge in [-0.25, -0.2) is 15.0 Å². The van der Waals surface area contributed by atoms with Crippen LogP contribution in [0.1, 0.15) is 44.9 Å². The van der Waals surface area contributed by atoms with E-state index in [2.05, 4.69) is 43.8 Å². The van der Waals surface area contributed by atoms with Crippen molar-refractivity contribution < 1.29 is 38.1 Å². The van der Waals surface area contributed by atoms with Crippen molar-refractivity contribution in [1.82, 2.24) is 16.1 Å². The molecular formula is C28H33IN4O8. The Morgan fingerprint density at radius 2 is 1.85 bits per heavy atom. The van der Waals surface area contributed by atoms with E-state index in [4.69, 9.17) is 23.7 Å². The fourth-order valence-corrected chi connectivity index (χ4v) is 4.68. The largest absolute Gasteiger partial charge is 0.493 e. The van der Waals surface area contributed by atoms with Gasteiger partial charge in [-0.15, -0.1) is 0 Å². The number of benzene rings is 2. The van der Waals surface area contributed by atoms with Gasteiger partial charge in [0.15, 0.2) is 29.6 Å². The summed E-state index contributed by atoms with van der Waals surface area (Å²) in [5.74, 6) is 0.742. The number of methoxy groups -OCH3 is 2. The van der Waals surface area contributed by atoms with E-state index in [0.717, 1.165) is 3.57 Å². The van der Waals surface area contributed by atoms with Crippen LogP contribution >= 0.6 is 22.6 Å². The van der Waals surface area contributed by atoms with Gasteiger partial charge in [0.25, 0.3) is 5.91 Å². The molecule has 0 unspecified atom stereocenters. The number of urea groups is 1. The number of nitrogens with one attached hydrogen (secondary N) is 3. The van der Waals surface area contributed by atoms with E-state index in [9.17, 15) is 14.4 Å². The lowest BCUT2D eigenvalue weighted by Crippen LogP contribution is -2.45. The number of rotatable bonds is 12. The minimum atomic E-state index is -0.768. The molecule has 0 radical (unpaired) electrons. The SMILES string of the molecule is CCOC(=O)C1=C(C)NC(=O)N[C@@H]1c1ccc(OCC(=O)N/N=C/c2cc(I)c(OC(C)C)c(OC)c2)c(OC)c1. The molecule has 0 bridgehead atoms. The molecule has 12 nitrogen and oxygen atoms in total. The highest BCUT2D eigenvalue weighted by Gasteiger charge is 2.32. The average Bonchev–Trinajstić information content (AvgIpc) is 2.92. The number of ether oxygens (including phenoxy) is 5. The van der Waals surface area contributed by atoms with Crippen LogP contribution in [0.5, 0.6) is 23.0 Å². The van der Waals surface area contributed by atoms with E-state index in [1.165, 1.54) is 13.3 Å². The van der Waals surface area contributed by atoms with E-state index in [0.29, 0.717) is 34.1 Å². The molecule has 13 heteroatoms. The lowest BCUT2D eigenvalue weighted by atomic mass is 9.95. The predicted octanol–water partition coefficient (Wildman–Crippen LogP) is 3.82. The van der Waals surface area contributed by atoms with Crippen LogP contribution in [0.2, 0.25) is 0 Å². The van der Waals surface area contributed by atoms with Gasteiger partial charge >= 0.3 is 12.0 Å². The molecule has 1 aliphatic rings. The molecule has 3 amide bonds. The van der Waals surface area contributed by atoms with Crippen molar-refractivity contribution in [2.45, 2.75) is 39.8 Å². The summed E-state index contributed by atoms with van der Waals surface area (Å²) in [5, 5.41) is 9.32. The number of allylic oxidation sites excluding steroid dienone is 1. The summed E-state index contributed by atoms with van der Waals surface area (Å²) in [7, 11) is 3.00. The lowest BCUT2D eigenvalue weighted by Gasteiger charge is -2.28. The van der Waals surface area contributed by atoms with Gasteiger partial charge in [-0.1, -0.05) is 6.07 Å². The zero-order chi connectivity index (χ0) is 30.1. The molecule has 3 rings (SSSR count). The molecule has 1 aliphatic heterocycles. The number of carbonyl (C=O) groups excluding carboxylic acids is 3. The van der Waals surface area contributed by atoms with Crippen molar-refractivity contribution in [2.75, 3.05) is 27.4 Å². The van der Waals surface area contributed by atoms with Gasteiger partial charge in [0.05, 0.1) is 48.3 Å². The molecule has 3 N–H and O–H groups in total. The fourth-order valence-electron chi connectivity index (χ4n) is 3.93. The Bertz CT molecular complexity index is 1360. The number of hydrazone groups is 1. The van der Waals surface area contributed by atoms with Gasteiger partial charge in [-0.2, -0.15) is 5.10 Å². The normalized spacial score (nSPS) is 14.8. The molecule has 2 aromatic carbocycles. The van der Waals surface area contributed by atoms with E-state index in [-0.39, 0.29) is 30.6 Å². The van der Waals surface area contributed by atoms with E-state index >= 15 is 0 Å². The summed E-state index contributed by atoms with van der Waals surface area (Å²) < 4.78 is 28.3. The minimum Gasteiger partial charge on any atom is -0.493 e. The van der Waals surface area contributed by atoms with Crippen molar-refractivity contribution in [3.8, 4) is 23.0 Å². The summed E-state index contributed by atoms with van der Waals surface area (Å²) in [6.45, 7) is 7.03. The Kier molecular flexibility index (Phi) is 11.2. The van der Waals surface area contributed by atoms with Crippen molar-refractivity contribution >= 4 is 46.7 Å². The summed E-state index contributed by atoms with van der Waals surface area (Å²) >= 11 is 2.15. The third-order valence-electron chi connectivity index (χ3n) is 5.65. The van der Waals surface area contributed by atoms with Crippen molar-refractivity contribution in [3.63, 3.8) is 0 Å². The Labute approximate surface area is 251 Å². The molecule has 0 saturated heterocycles. The Morgan fingerprint density at radius 3 is 2.51 bits per heavy atom. The first-order valence-corrected chi connectivity index (χ1v) is 13.8. The van der Waals surface area contributed by atoms with Crippen LogP contribution < -0.4 is 35.0 Å². The Morgan fingerprint density at radius 1 is 1.12 bits per heavy atom. The first-order chi connectivity index (χ1) is 19.6. The first kappa shape index (κ1) is 31.5. The third-order valence-corrected chi connectivity index (χ3v) is 6.45. The maximum absolute atomic E-state index is 12.6. The van der Waals surface area contributed by atoms with Crippen molar-refractivity contribution in [2.24, 2.45) is 5.10 Å². The van der Waals surface area contributed by atoms with E-state index in [1.807, 2.05) is 19.9 Å². The second-order valence-corrected chi connectivity index (χ2v) is 10.1. The first-order valence-electron chi connectivity index (χ1n) is 12.7. The maximum atomic E-state index is 12.6. The second kappa shape index (κ2) is 14.6. The van der Waals surface area contributed by atoms with Gasteiger partial charge in [0.2, 0.25) is 0 Å². The standard InChI is InChI=1S/C28H33IN4O8/c1-7-39-27(35)24-16(4)31-28(36)32-25(24)18-8-9-20(21(12-18)37-5)40-14-23(34)33-30-13-17-10-19(29)26(41-15(2)3)22(11-17)38-6/h8-13,15,25H,7,14H2,1-6H3,(H,33,34)(H2,31,32,36)/b30-13+/t25-/m1/s1. The molecule has 0 aromatic heterocycles. The molecule has 220 valence electrons. The predicted molar refractivity (Wildman–Crippen MR) is 159 cm³/mol. The van der Waals surface area contributed by atoms with Gasteiger partial charge in [-0.05, 0) is 85.7 Å². The summed E-state index contributed by atoms with van der Waals surface area (Å²) in [5.41, 5.74) is 4.36. The van der Waals surface area contributed by atoms with E-state index < -0.39 is 23.9 Å². The summed E-state index contributed by atoms with van der Waals surface area (Å²) in [6.07, 6.45) is 1.47. The number of nitrogens with zero attached hydrogens (tertiary/aromatic N) is 1. The van der Waals surface area contributed by atoms with Crippen LogP contribution in [-0.2, 0) is 14.3 Å². The quantitative estimate of drug-likeness (QED) is 0.133. The van der Waals surface area contributed by atoms with Crippen LogP contribution in [0.3, 0.4) is 0 Å². The van der Waals surface area contributed by atoms with Crippen LogP contribution in [-0.4, -0.2) is 57.7 Å². The fraction of sp³-hybridized carbons (Fsp3) is 0.357. The van der Waals surface area contributed by atoms with Gasteiger partial charge in [0, 0.05) is 5.70 Å². The number of esters is 1. The van der Waals surface area contributed by atoms with E-state index in [1.54, 1.807) is 45.2 Å².